The third kappa shape index (κ3) is 4.09. The third-order valence-corrected chi connectivity index (χ3v) is 5.54. The number of benzene rings is 1. The van der Waals surface area contributed by atoms with Gasteiger partial charge in [0.2, 0.25) is 0 Å². The normalized spacial score (nSPS) is 17.6. The number of ether oxygens (including phenoxy) is 1. The standard InChI is InChI=1S/C19H20N8OS/c1-2-4-14(5-3-1)23-18-17-19(22-13-21-18)27(25-24-17)11-15-10-26(7-8-28-15)12-16-20-6-9-29-16/h1-6,9,13,15H,7-8,10-12H2,(H,21,22,23). The lowest BCUT2D eigenvalue weighted by Crippen LogP contribution is -2.43. The molecule has 9 nitrogen and oxygen atoms in total. The lowest BCUT2D eigenvalue weighted by atomic mass is 10.2. The first kappa shape index (κ1) is 18.1. The van der Waals surface area contributed by atoms with Gasteiger partial charge in [0.25, 0.3) is 0 Å². The zero-order valence-corrected chi connectivity index (χ0v) is 16.5. The summed E-state index contributed by atoms with van der Waals surface area (Å²) in [7, 11) is 0. The zero-order valence-electron chi connectivity index (χ0n) is 15.7. The van der Waals surface area contributed by atoms with E-state index in [1.54, 1.807) is 16.0 Å². The first-order chi connectivity index (χ1) is 14.3. The second-order valence-corrected chi connectivity index (χ2v) is 7.79. The average molecular weight is 408 g/mol. The average Bonchev–Trinajstić information content (AvgIpc) is 3.40. The van der Waals surface area contributed by atoms with Crippen LogP contribution in [0.2, 0.25) is 0 Å². The minimum absolute atomic E-state index is 0.0223. The maximum atomic E-state index is 5.97. The van der Waals surface area contributed by atoms with E-state index in [0.717, 1.165) is 30.3 Å². The lowest BCUT2D eigenvalue weighted by molar-refractivity contribution is -0.0399. The molecule has 1 atom stereocenters. The molecule has 29 heavy (non-hydrogen) atoms. The van der Waals surface area contributed by atoms with Crippen LogP contribution in [0, 0.1) is 0 Å². The molecule has 1 unspecified atom stereocenters. The highest BCUT2D eigenvalue weighted by Crippen LogP contribution is 2.21. The Kier molecular flexibility index (Phi) is 5.11. The number of nitrogens with zero attached hydrogens (tertiary/aromatic N) is 7. The predicted octanol–water partition coefficient (Wildman–Crippen LogP) is 2.32. The van der Waals surface area contributed by atoms with E-state index in [1.807, 2.05) is 41.9 Å². The lowest BCUT2D eigenvalue weighted by Gasteiger charge is -2.32. The number of fused-ring (bicyclic) bond motifs is 1. The first-order valence-electron chi connectivity index (χ1n) is 9.44. The number of anilines is 2. The van der Waals surface area contributed by atoms with E-state index >= 15 is 0 Å². The van der Waals surface area contributed by atoms with E-state index in [-0.39, 0.29) is 6.10 Å². The highest BCUT2D eigenvalue weighted by atomic mass is 32.1. The molecule has 0 radical (unpaired) electrons. The molecule has 10 heteroatoms. The molecule has 0 spiro atoms. The van der Waals surface area contributed by atoms with Crippen molar-refractivity contribution in [3.63, 3.8) is 0 Å². The highest BCUT2D eigenvalue weighted by molar-refractivity contribution is 7.09. The first-order valence-corrected chi connectivity index (χ1v) is 10.3. The molecule has 4 aromatic rings. The Labute approximate surface area is 171 Å². The van der Waals surface area contributed by atoms with Gasteiger partial charge in [-0.25, -0.2) is 19.6 Å². The van der Waals surface area contributed by atoms with Crippen molar-refractivity contribution in [1.82, 2.24) is 34.8 Å². The fourth-order valence-electron chi connectivity index (χ4n) is 3.41. The van der Waals surface area contributed by atoms with E-state index < -0.39 is 0 Å². The van der Waals surface area contributed by atoms with Crippen LogP contribution < -0.4 is 5.32 Å². The number of thiazole rings is 1. The maximum absolute atomic E-state index is 5.97. The van der Waals surface area contributed by atoms with E-state index in [2.05, 4.69) is 35.5 Å². The number of hydrogen-bond acceptors (Lipinski definition) is 9. The molecule has 1 aliphatic heterocycles. The minimum Gasteiger partial charge on any atom is -0.374 e. The predicted molar refractivity (Wildman–Crippen MR) is 110 cm³/mol. The van der Waals surface area contributed by atoms with Crippen molar-refractivity contribution in [2.45, 2.75) is 19.2 Å². The van der Waals surface area contributed by atoms with Gasteiger partial charge in [-0.15, -0.1) is 16.4 Å². The quantitative estimate of drug-likeness (QED) is 0.520. The van der Waals surface area contributed by atoms with Crippen molar-refractivity contribution in [2.24, 2.45) is 0 Å². The van der Waals surface area contributed by atoms with Crippen LogP contribution in [0.4, 0.5) is 11.5 Å². The molecular weight excluding hydrogens is 388 g/mol. The monoisotopic (exact) mass is 408 g/mol. The van der Waals surface area contributed by atoms with Gasteiger partial charge in [0, 0.05) is 30.4 Å². The van der Waals surface area contributed by atoms with Crippen molar-refractivity contribution in [3.8, 4) is 0 Å². The van der Waals surface area contributed by atoms with E-state index in [0.29, 0.717) is 30.1 Å². The van der Waals surface area contributed by atoms with Crippen LogP contribution in [0.25, 0.3) is 11.2 Å². The van der Waals surface area contributed by atoms with Gasteiger partial charge in [-0.2, -0.15) is 0 Å². The fraction of sp³-hybridized carbons (Fsp3) is 0.316. The second kappa shape index (κ2) is 8.19. The van der Waals surface area contributed by atoms with Crippen molar-refractivity contribution in [3.05, 3.63) is 53.2 Å². The van der Waals surface area contributed by atoms with Gasteiger partial charge >= 0.3 is 0 Å². The number of morpholine rings is 1. The fourth-order valence-corrected chi connectivity index (χ4v) is 4.07. The smallest absolute Gasteiger partial charge is 0.183 e. The van der Waals surface area contributed by atoms with Crippen molar-refractivity contribution in [1.29, 1.82) is 0 Å². The number of aromatic nitrogens is 6. The molecule has 1 saturated heterocycles. The summed E-state index contributed by atoms with van der Waals surface area (Å²) in [5.74, 6) is 0.641. The summed E-state index contributed by atoms with van der Waals surface area (Å²) in [5, 5.41) is 15.0. The molecule has 5 rings (SSSR count). The maximum Gasteiger partial charge on any atom is 0.183 e. The SMILES string of the molecule is c1ccc(Nc2ncnc3c2nnn3CC2CN(Cc3nccs3)CCO2)cc1. The molecule has 3 aromatic heterocycles. The van der Waals surface area contributed by atoms with Crippen molar-refractivity contribution < 1.29 is 4.74 Å². The molecule has 0 amide bonds. The Balaban J connectivity index is 1.31. The second-order valence-electron chi connectivity index (χ2n) is 6.81. The Bertz CT molecular complexity index is 1070. The van der Waals surface area contributed by atoms with Crippen molar-refractivity contribution >= 4 is 34.0 Å². The zero-order chi connectivity index (χ0) is 19.5. The third-order valence-electron chi connectivity index (χ3n) is 4.78. The Morgan fingerprint density at radius 2 is 2.10 bits per heavy atom. The molecule has 0 aliphatic carbocycles. The molecule has 1 aliphatic rings. The van der Waals surface area contributed by atoms with Crippen LogP contribution in [0.1, 0.15) is 5.01 Å². The number of nitrogens with one attached hydrogen (secondary N) is 1. The number of hydrogen-bond donors (Lipinski definition) is 1. The van der Waals surface area contributed by atoms with Crippen molar-refractivity contribution in [2.75, 3.05) is 25.0 Å². The van der Waals surface area contributed by atoms with E-state index in [1.165, 1.54) is 6.33 Å². The summed E-state index contributed by atoms with van der Waals surface area (Å²) >= 11 is 1.68. The Hall–Kier alpha value is -2.95. The highest BCUT2D eigenvalue weighted by Gasteiger charge is 2.23. The van der Waals surface area contributed by atoms with Crippen LogP contribution >= 0.6 is 11.3 Å². The molecule has 0 saturated carbocycles. The molecule has 0 bridgehead atoms. The van der Waals surface area contributed by atoms with Gasteiger partial charge in [0.05, 0.1) is 25.8 Å². The largest absolute Gasteiger partial charge is 0.374 e. The van der Waals surface area contributed by atoms with E-state index in [9.17, 15) is 0 Å². The van der Waals surface area contributed by atoms with Gasteiger partial charge in [-0.05, 0) is 12.1 Å². The number of para-hydroxylation sites is 1. The van der Waals surface area contributed by atoms with Crippen LogP contribution in [0.3, 0.4) is 0 Å². The summed E-state index contributed by atoms with van der Waals surface area (Å²) in [6.07, 6.45) is 3.40. The van der Waals surface area contributed by atoms with Gasteiger partial charge in [0.1, 0.15) is 11.3 Å². The Morgan fingerprint density at radius 1 is 1.17 bits per heavy atom. The molecule has 1 fully saturated rings. The Morgan fingerprint density at radius 3 is 2.97 bits per heavy atom. The molecule has 1 N–H and O–H groups in total. The van der Waals surface area contributed by atoms with Crippen LogP contribution in [-0.2, 0) is 17.8 Å². The summed E-state index contributed by atoms with van der Waals surface area (Å²) in [4.78, 5) is 15.5. The molecule has 4 heterocycles. The minimum atomic E-state index is 0.0223. The van der Waals surface area contributed by atoms with Gasteiger partial charge < -0.3 is 10.1 Å². The van der Waals surface area contributed by atoms with Crippen LogP contribution in [0.15, 0.2) is 48.2 Å². The summed E-state index contributed by atoms with van der Waals surface area (Å²) < 4.78 is 7.77. The van der Waals surface area contributed by atoms with Gasteiger partial charge in [-0.3, -0.25) is 4.90 Å². The summed E-state index contributed by atoms with van der Waals surface area (Å²) in [6.45, 7) is 3.86. The molecule has 1 aromatic carbocycles. The van der Waals surface area contributed by atoms with Gasteiger partial charge in [-0.1, -0.05) is 23.4 Å². The summed E-state index contributed by atoms with van der Waals surface area (Å²) in [6, 6.07) is 9.86. The number of rotatable bonds is 6. The van der Waals surface area contributed by atoms with Gasteiger partial charge in [0.15, 0.2) is 17.0 Å². The molecule has 148 valence electrons. The van der Waals surface area contributed by atoms with Crippen LogP contribution in [-0.4, -0.2) is 60.6 Å². The molecular formula is C19H20N8OS. The summed E-state index contributed by atoms with van der Waals surface area (Å²) in [5.41, 5.74) is 2.28. The van der Waals surface area contributed by atoms with E-state index in [4.69, 9.17) is 4.74 Å². The topological polar surface area (TPSA) is 93.9 Å². The van der Waals surface area contributed by atoms with Crippen LogP contribution in [0.5, 0.6) is 0 Å².